The minimum atomic E-state index is -0.287. The molecule has 0 aliphatic heterocycles. The molecule has 0 unspecified atom stereocenters. The first-order chi connectivity index (χ1) is 10.8. The van der Waals surface area contributed by atoms with E-state index in [0.717, 1.165) is 41.8 Å². The van der Waals surface area contributed by atoms with Crippen LogP contribution in [0, 0.1) is 0 Å². The van der Waals surface area contributed by atoms with Gasteiger partial charge in [-0.3, -0.25) is 9.89 Å². The summed E-state index contributed by atoms with van der Waals surface area (Å²) in [6.07, 6.45) is 4.50. The van der Waals surface area contributed by atoms with Gasteiger partial charge in [0.2, 0.25) is 0 Å². The monoisotopic (exact) mass is 298 g/mol. The Kier molecular flexibility index (Phi) is 4.18. The summed E-state index contributed by atoms with van der Waals surface area (Å²) >= 11 is 0. The predicted octanol–water partition coefficient (Wildman–Crippen LogP) is 2.06. The largest absolute Gasteiger partial charge is 0.493 e. The molecule has 22 heavy (non-hydrogen) atoms. The molecule has 6 nitrogen and oxygen atoms in total. The lowest BCUT2D eigenvalue weighted by molar-refractivity contribution is 0.0949. The van der Waals surface area contributed by atoms with E-state index in [4.69, 9.17) is 4.74 Å². The standard InChI is InChI=1S/C16H18N4O2/c1-2-22-14-9-4-3-6-11(14)10-17-20-16(21)15-12-7-5-8-13(12)18-19-15/h3-4,6,9-10H,2,5,7-8H2,1H3,(H,18,19)(H,20,21)/b17-10+. The van der Waals surface area contributed by atoms with E-state index >= 15 is 0 Å². The number of hydrogen-bond acceptors (Lipinski definition) is 4. The highest BCUT2D eigenvalue weighted by Crippen LogP contribution is 2.22. The number of aromatic nitrogens is 2. The molecule has 1 aromatic carbocycles. The molecule has 0 bridgehead atoms. The zero-order valence-corrected chi connectivity index (χ0v) is 12.4. The van der Waals surface area contributed by atoms with E-state index in [-0.39, 0.29) is 5.91 Å². The van der Waals surface area contributed by atoms with Gasteiger partial charge in [0.1, 0.15) is 5.75 Å². The number of hydrogen-bond donors (Lipinski definition) is 2. The van der Waals surface area contributed by atoms with Crippen LogP contribution in [-0.2, 0) is 12.8 Å². The molecule has 1 aromatic heterocycles. The van der Waals surface area contributed by atoms with Gasteiger partial charge in [-0.25, -0.2) is 5.43 Å². The summed E-state index contributed by atoms with van der Waals surface area (Å²) in [6.45, 7) is 2.50. The maximum absolute atomic E-state index is 12.1. The van der Waals surface area contributed by atoms with Gasteiger partial charge in [0, 0.05) is 16.8 Å². The Morgan fingerprint density at radius 2 is 2.32 bits per heavy atom. The summed E-state index contributed by atoms with van der Waals surface area (Å²) in [7, 11) is 0. The van der Waals surface area contributed by atoms with Crippen LogP contribution in [0.4, 0.5) is 0 Å². The van der Waals surface area contributed by atoms with E-state index < -0.39 is 0 Å². The number of benzene rings is 1. The summed E-state index contributed by atoms with van der Waals surface area (Å²) < 4.78 is 5.51. The highest BCUT2D eigenvalue weighted by molar-refractivity contribution is 5.95. The number of nitrogens with zero attached hydrogens (tertiary/aromatic N) is 2. The number of carbonyl (C=O) groups excluding carboxylic acids is 1. The topological polar surface area (TPSA) is 79.4 Å². The molecule has 0 saturated heterocycles. The molecule has 0 atom stereocenters. The molecule has 6 heteroatoms. The summed E-state index contributed by atoms with van der Waals surface area (Å²) in [5.74, 6) is 0.452. The van der Waals surface area contributed by atoms with E-state index in [1.54, 1.807) is 6.21 Å². The number of para-hydroxylation sites is 1. The number of hydrazone groups is 1. The molecule has 1 amide bonds. The van der Waals surface area contributed by atoms with Crippen molar-refractivity contribution in [3.05, 3.63) is 46.8 Å². The Labute approximate surface area is 128 Å². The number of amides is 1. The number of aromatic amines is 1. The van der Waals surface area contributed by atoms with Gasteiger partial charge >= 0.3 is 0 Å². The van der Waals surface area contributed by atoms with Gasteiger partial charge in [-0.05, 0) is 38.3 Å². The second-order valence-electron chi connectivity index (χ2n) is 5.05. The summed E-state index contributed by atoms with van der Waals surface area (Å²) in [5, 5.41) is 11.0. The van der Waals surface area contributed by atoms with Crippen molar-refractivity contribution < 1.29 is 9.53 Å². The first-order valence-corrected chi connectivity index (χ1v) is 7.41. The number of nitrogens with one attached hydrogen (secondary N) is 2. The average molecular weight is 298 g/mol. The fourth-order valence-electron chi connectivity index (χ4n) is 2.59. The third-order valence-corrected chi connectivity index (χ3v) is 3.61. The van der Waals surface area contributed by atoms with E-state index in [9.17, 15) is 4.79 Å². The third kappa shape index (κ3) is 2.86. The number of ether oxygens (including phenoxy) is 1. The Hall–Kier alpha value is -2.63. The van der Waals surface area contributed by atoms with E-state index in [1.165, 1.54) is 0 Å². The van der Waals surface area contributed by atoms with Gasteiger partial charge in [-0.1, -0.05) is 12.1 Å². The van der Waals surface area contributed by atoms with Gasteiger partial charge in [-0.15, -0.1) is 0 Å². The molecule has 3 rings (SSSR count). The quantitative estimate of drug-likeness (QED) is 0.655. The molecular formula is C16H18N4O2. The Balaban J connectivity index is 1.68. The molecule has 0 fully saturated rings. The van der Waals surface area contributed by atoms with Gasteiger partial charge < -0.3 is 4.74 Å². The molecule has 114 valence electrons. The van der Waals surface area contributed by atoms with Crippen LogP contribution in [0.2, 0.25) is 0 Å². The molecule has 0 radical (unpaired) electrons. The van der Waals surface area contributed by atoms with Crippen LogP contribution in [0.3, 0.4) is 0 Å². The highest BCUT2D eigenvalue weighted by atomic mass is 16.5. The minimum Gasteiger partial charge on any atom is -0.493 e. The van der Waals surface area contributed by atoms with E-state index in [2.05, 4.69) is 20.7 Å². The predicted molar refractivity (Wildman–Crippen MR) is 83.3 cm³/mol. The van der Waals surface area contributed by atoms with Crippen molar-refractivity contribution in [1.29, 1.82) is 0 Å². The Bertz CT molecular complexity index is 706. The van der Waals surface area contributed by atoms with Crippen LogP contribution in [0.5, 0.6) is 5.75 Å². The van der Waals surface area contributed by atoms with Crippen molar-refractivity contribution in [2.24, 2.45) is 5.10 Å². The lowest BCUT2D eigenvalue weighted by atomic mass is 10.2. The maximum atomic E-state index is 12.1. The normalized spacial score (nSPS) is 13.3. The number of carbonyl (C=O) groups is 1. The number of rotatable bonds is 5. The van der Waals surface area contributed by atoms with Crippen LogP contribution >= 0.6 is 0 Å². The molecule has 0 saturated carbocycles. The first-order valence-electron chi connectivity index (χ1n) is 7.41. The number of H-pyrrole nitrogens is 1. The van der Waals surface area contributed by atoms with Crippen molar-refractivity contribution in [1.82, 2.24) is 15.6 Å². The van der Waals surface area contributed by atoms with Crippen LogP contribution in [0.1, 0.15) is 40.7 Å². The van der Waals surface area contributed by atoms with Gasteiger partial charge in [0.25, 0.3) is 5.91 Å². The fourth-order valence-corrected chi connectivity index (χ4v) is 2.59. The molecule has 1 heterocycles. The Morgan fingerprint density at radius 3 is 3.18 bits per heavy atom. The van der Waals surface area contributed by atoms with Crippen LogP contribution in [0.15, 0.2) is 29.4 Å². The maximum Gasteiger partial charge on any atom is 0.292 e. The average Bonchev–Trinajstić information content (AvgIpc) is 3.12. The van der Waals surface area contributed by atoms with Gasteiger partial charge in [-0.2, -0.15) is 10.2 Å². The molecule has 2 N–H and O–H groups in total. The zero-order chi connectivity index (χ0) is 15.4. The molecule has 1 aliphatic rings. The van der Waals surface area contributed by atoms with Gasteiger partial charge in [0.15, 0.2) is 5.69 Å². The lowest BCUT2D eigenvalue weighted by Crippen LogP contribution is -2.19. The van der Waals surface area contributed by atoms with Gasteiger partial charge in [0.05, 0.1) is 12.8 Å². The van der Waals surface area contributed by atoms with Crippen molar-refractivity contribution in [3.63, 3.8) is 0 Å². The second kappa shape index (κ2) is 6.43. The SMILES string of the molecule is CCOc1ccccc1/C=N/NC(=O)c1n[nH]c2c1CCC2. The molecular weight excluding hydrogens is 280 g/mol. The molecule has 1 aliphatic carbocycles. The lowest BCUT2D eigenvalue weighted by Gasteiger charge is -2.05. The zero-order valence-electron chi connectivity index (χ0n) is 12.4. The Morgan fingerprint density at radius 1 is 1.45 bits per heavy atom. The highest BCUT2D eigenvalue weighted by Gasteiger charge is 2.22. The van der Waals surface area contributed by atoms with Crippen molar-refractivity contribution >= 4 is 12.1 Å². The minimum absolute atomic E-state index is 0.287. The summed E-state index contributed by atoms with van der Waals surface area (Å²) in [6, 6.07) is 7.54. The number of fused-ring (bicyclic) bond motifs is 1. The second-order valence-corrected chi connectivity index (χ2v) is 5.05. The van der Waals surface area contributed by atoms with Crippen LogP contribution < -0.4 is 10.2 Å². The van der Waals surface area contributed by atoms with Crippen LogP contribution in [0.25, 0.3) is 0 Å². The van der Waals surface area contributed by atoms with Crippen molar-refractivity contribution in [2.75, 3.05) is 6.61 Å². The first kappa shape index (κ1) is 14.3. The molecule has 2 aromatic rings. The van der Waals surface area contributed by atoms with Crippen LogP contribution in [-0.4, -0.2) is 28.9 Å². The molecule has 0 spiro atoms. The number of aryl methyl sites for hydroxylation is 1. The summed E-state index contributed by atoms with van der Waals surface area (Å²) in [5.41, 5.74) is 5.87. The fraction of sp³-hybridized carbons (Fsp3) is 0.312. The smallest absolute Gasteiger partial charge is 0.292 e. The van der Waals surface area contributed by atoms with Crippen molar-refractivity contribution in [3.8, 4) is 5.75 Å². The van der Waals surface area contributed by atoms with E-state index in [0.29, 0.717) is 12.3 Å². The summed E-state index contributed by atoms with van der Waals surface area (Å²) in [4.78, 5) is 12.1. The van der Waals surface area contributed by atoms with E-state index in [1.807, 2.05) is 31.2 Å². The van der Waals surface area contributed by atoms with Crippen molar-refractivity contribution in [2.45, 2.75) is 26.2 Å². The third-order valence-electron chi connectivity index (χ3n) is 3.61.